The molecule has 1 saturated carbocycles. The fourth-order valence-corrected chi connectivity index (χ4v) is 3.69. The van der Waals surface area contributed by atoms with E-state index in [2.05, 4.69) is 34.8 Å². The molecule has 1 aliphatic rings. The highest BCUT2D eigenvalue weighted by Crippen LogP contribution is 2.32. The van der Waals surface area contributed by atoms with Crippen LogP contribution in [0.15, 0.2) is 73.1 Å². The van der Waals surface area contributed by atoms with Gasteiger partial charge in [-0.25, -0.2) is 4.79 Å². The fourth-order valence-electron chi connectivity index (χ4n) is 3.69. The number of rotatable bonds is 9. The predicted molar refractivity (Wildman–Crippen MR) is 124 cm³/mol. The van der Waals surface area contributed by atoms with Gasteiger partial charge in [-0.1, -0.05) is 42.5 Å². The number of urea groups is 1. The Balaban J connectivity index is 1.35. The maximum absolute atomic E-state index is 13.1. The lowest BCUT2D eigenvalue weighted by atomic mass is 10.1. The molecular weight excluding hydrogens is 402 g/mol. The van der Waals surface area contributed by atoms with E-state index in [4.69, 9.17) is 0 Å². The molecule has 7 nitrogen and oxygen atoms in total. The molecule has 2 N–H and O–H groups in total. The summed E-state index contributed by atoms with van der Waals surface area (Å²) in [4.78, 5) is 27.2. The fraction of sp³-hybridized carbons (Fsp3) is 0.320. The van der Waals surface area contributed by atoms with Crippen LogP contribution in [0, 0.1) is 5.92 Å². The molecule has 1 aliphatic carbocycles. The molecule has 7 heteroatoms. The van der Waals surface area contributed by atoms with Crippen molar-refractivity contribution >= 4 is 17.6 Å². The highest BCUT2D eigenvalue weighted by Gasteiger charge is 2.30. The number of carbonyl (C=O) groups is 2. The number of hydrogen-bond donors (Lipinski definition) is 2. The van der Waals surface area contributed by atoms with Crippen molar-refractivity contribution in [1.82, 2.24) is 20.0 Å². The number of benzene rings is 2. The second-order valence-corrected chi connectivity index (χ2v) is 8.29. The third-order valence-electron chi connectivity index (χ3n) is 5.68. The first-order valence-electron chi connectivity index (χ1n) is 11.0. The minimum absolute atomic E-state index is 0.00437. The second-order valence-electron chi connectivity index (χ2n) is 8.29. The molecule has 166 valence electrons. The first-order chi connectivity index (χ1) is 15.6. The van der Waals surface area contributed by atoms with Crippen LogP contribution >= 0.6 is 0 Å². The van der Waals surface area contributed by atoms with E-state index >= 15 is 0 Å². The summed E-state index contributed by atoms with van der Waals surface area (Å²) in [6.45, 7) is 3.39. The minimum Gasteiger partial charge on any atom is -0.334 e. The van der Waals surface area contributed by atoms with E-state index in [0.717, 1.165) is 17.7 Å². The lowest BCUT2D eigenvalue weighted by Crippen LogP contribution is -2.42. The second kappa shape index (κ2) is 10.1. The smallest absolute Gasteiger partial charge is 0.318 e. The zero-order valence-electron chi connectivity index (χ0n) is 18.3. The van der Waals surface area contributed by atoms with Crippen LogP contribution < -0.4 is 10.6 Å². The predicted octanol–water partition coefficient (Wildman–Crippen LogP) is 4.20. The van der Waals surface area contributed by atoms with Crippen LogP contribution in [0.5, 0.6) is 0 Å². The molecular formula is C25H29N5O2. The normalized spacial score (nSPS) is 13.9. The van der Waals surface area contributed by atoms with Crippen molar-refractivity contribution in [2.24, 2.45) is 5.92 Å². The molecule has 4 rings (SSSR count). The number of nitrogens with zero attached hydrogens (tertiary/aromatic N) is 3. The number of carbonyl (C=O) groups excluding carboxylic acids is 2. The summed E-state index contributed by atoms with van der Waals surface area (Å²) in [5, 5.41) is 9.99. The van der Waals surface area contributed by atoms with Crippen molar-refractivity contribution < 1.29 is 9.59 Å². The van der Waals surface area contributed by atoms with Crippen molar-refractivity contribution in [3.63, 3.8) is 0 Å². The summed E-state index contributed by atoms with van der Waals surface area (Å²) in [7, 11) is 0. The van der Waals surface area contributed by atoms with Gasteiger partial charge in [0, 0.05) is 31.2 Å². The Bertz CT molecular complexity index is 1030. The van der Waals surface area contributed by atoms with Gasteiger partial charge in [-0.15, -0.1) is 0 Å². The summed E-state index contributed by atoms with van der Waals surface area (Å²) >= 11 is 0. The molecule has 0 bridgehead atoms. The van der Waals surface area contributed by atoms with Crippen molar-refractivity contribution in [3.05, 3.63) is 84.2 Å². The van der Waals surface area contributed by atoms with Crippen LogP contribution in [-0.2, 0) is 17.9 Å². The van der Waals surface area contributed by atoms with Gasteiger partial charge in [-0.05, 0) is 55.0 Å². The number of hydrogen-bond acceptors (Lipinski definition) is 3. The highest BCUT2D eigenvalue weighted by molar-refractivity contribution is 5.90. The molecule has 0 saturated heterocycles. The molecule has 32 heavy (non-hydrogen) atoms. The SMILES string of the molecule is CC(c1ccccc1)N(CC1CC1)C(=O)NCc1cccc(NC(=O)Cn2cccn2)c1. The quantitative estimate of drug-likeness (QED) is 0.533. The highest BCUT2D eigenvalue weighted by atomic mass is 16.2. The molecule has 1 fully saturated rings. The number of anilines is 1. The maximum atomic E-state index is 13.1. The molecule has 1 heterocycles. The van der Waals surface area contributed by atoms with E-state index in [1.54, 1.807) is 23.1 Å². The van der Waals surface area contributed by atoms with Gasteiger partial charge in [0.15, 0.2) is 0 Å². The lowest BCUT2D eigenvalue weighted by Gasteiger charge is -2.30. The summed E-state index contributed by atoms with van der Waals surface area (Å²) in [5.41, 5.74) is 2.75. The van der Waals surface area contributed by atoms with Crippen LogP contribution in [0.25, 0.3) is 0 Å². The zero-order valence-corrected chi connectivity index (χ0v) is 18.3. The van der Waals surface area contributed by atoms with Gasteiger partial charge >= 0.3 is 6.03 Å². The Kier molecular flexibility index (Phi) is 6.84. The third kappa shape index (κ3) is 5.97. The number of nitrogens with one attached hydrogen (secondary N) is 2. The number of amides is 3. The average molecular weight is 432 g/mol. The third-order valence-corrected chi connectivity index (χ3v) is 5.68. The van der Waals surface area contributed by atoms with Crippen molar-refractivity contribution in [1.29, 1.82) is 0 Å². The summed E-state index contributed by atoms with van der Waals surface area (Å²) in [6, 6.07) is 19.4. The van der Waals surface area contributed by atoms with Gasteiger partial charge < -0.3 is 15.5 Å². The molecule has 2 aromatic carbocycles. The summed E-state index contributed by atoms with van der Waals surface area (Å²) in [6.07, 6.45) is 5.76. The summed E-state index contributed by atoms with van der Waals surface area (Å²) in [5.74, 6) is 0.447. The molecule has 3 aromatic rings. The summed E-state index contributed by atoms with van der Waals surface area (Å²) < 4.78 is 1.57. The topological polar surface area (TPSA) is 79.3 Å². The van der Waals surface area contributed by atoms with Crippen LogP contribution in [-0.4, -0.2) is 33.2 Å². The largest absolute Gasteiger partial charge is 0.334 e. The van der Waals surface area contributed by atoms with E-state index in [9.17, 15) is 9.59 Å². The van der Waals surface area contributed by atoms with E-state index < -0.39 is 0 Å². The molecule has 1 atom stereocenters. The Morgan fingerprint density at radius 3 is 2.66 bits per heavy atom. The van der Waals surface area contributed by atoms with Gasteiger partial charge in [0.25, 0.3) is 0 Å². The zero-order chi connectivity index (χ0) is 22.3. The number of aromatic nitrogens is 2. The van der Waals surface area contributed by atoms with Crippen LogP contribution in [0.1, 0.15) is 36.9 Å². The Morgan fingerprint density at radius 1 is 1.12 bits per heavy atom. The standard InChI is InChI=1S/C25H29N5O2/c1-19(22-8-3-2-4-9-22)30(17-20-11-12-20)25(32)26-16-21-7-5-10-23(15-21)28-24(31)18-29-14-6-13-27-29/h2-10,13-15,19-20H,11-12,16-18H2,1H3,(H,26,32)(H,28,31). The van der Waals surface area contributed by atoms with Gasteiger partial charge in [0.1, 0.15) is 6.54 Å². The van der Waals surface area contributed by atoms with Gasteiger partial charge in [0.2, 0.25) is 5.91 Å². The van der Waals surface area contributed by atoms with E-state index in [-0.39, 0.29) is 24.5 Å². The Labute approximate surface area is 188 Å². The lowest BCUT2D eigenvalue weighted by molar-refractivity contribution is -0.116. The van der Waals surface area contributed by atoms with E-state index in [1.165, 1.54) is 12.8 Å². The average Bonchev–Trinajstić information content (AvgIpc) is 3.49. The van der Waals surface area contributed by atoms with Gasteiger partial charge in [-0.2, -0.15) is 5.10 Å². The van der Waals surface area contributed by atoms with Crippen molar-refractivity contribution in [3.8, 4) is 0 Å². The van der Waals surface area contributed by atoms with Crippen molar-refractivity contribution in [2.75, 3.05) is 11.9 Å². The maximum Gasteiger partial charge on any atom is 0.318 e. The molecule has 1 aromatic heterocycles. The molecule has 0 spiro atoms. The van der Waals surface area contributed by atoms with E-state index in [1.807, 2.05) is 47.4 Å². The van der Waals surface area contributed by atoms with Crippen molar-refractivity contribution in [2.45, 2.75) is 38.9 Å². The van der Waals surface area contributed by atoms with E-state index in [0.29, 0.717) is 18.2 Å². The molecule has 0 radical (unpaired) electrons. The Hall–Kier alpha value is -3.61. The van der Waals surface area contributed by atoms with Crippen LogP contribution in [0.2, 0.25) is 0 Å². The van der Waals surface area contributed by atoms with Gasteiger partial charge in [0.05, 0.1) is 6.04 Å². The molecule has 0 aliphatic heterocycles. The molecule has 3 amide bonds. The minimum atomic E-state index is -0.151. The first-order valence-corrected chi connectivity index (χ1v) is 11.0. The monoisotopic (exact) mass is 431 g/mol. The van der Waals surface area contributed by atoms with Crippen LogP contribution in [0.3, 0.4) is 0 Å². The van der Waals surface area contributed by atoms with Crippen LogP contribution in [0.4, 0.5) is 10.5 Å². The van der Waals surface area contributed by atoms with Gasteiger partial charge in [-0.3, -0.25) is 9.48 Å². The first kappa shape index (κ1) is 21.6. The molecule has 1 unspecified atom stereocenters. The Morgan fingerprint density at radius 2 is 1.94 bits per heavy atom.